The average molecular weight is 194 g/mol. The summed E-state index contributed by atoms with van der Waals surface area (Å²) in [5.74, 6) is 0. The molecule has 0 amide bonds. The van der Waals surface area contributed by atoms with Crippen LogP contribution in [0.1, 0.15) is 18.9 Å². The molecule has 1 nitrogen and oxygen atoms in total. The molecule has 2 rings (SSSR count). The summed E-state index contributed by atoms with van der Waals surface area (Å²) in [5.41, 5.74) is 3.72. The first-order chi connectivity index (χ1) is 6.31. The molecule has 0 saturated carbocycles. The second kappa shape index (κ2) is 3.43. The number of fused-ring (bicyclic) bond motifs is 1. The van der Waals surface area contributed by atoms with Crippen molar-refractivity contribution in [3.05, 3.63) is 35.4 Å². The van der Waals surface area contributed by atoms with Crippen LogP contribution in [0.4, 0.5) is 5.69 Å². The van der Waals surface area contributed by atoms with E-state index in [4.69, 9.17) is 11.8 Å². The third-order valence-corrected chi connectivity index (χ3v) is 2.66. The van der Waals surface area contributed by atoms with Gasteiger partial charge in [0, 0.05) is 11.8 Å². The zero-order valence-electron chi connectivity index (χ0n) is 7.63. The zero-order valence-corrected chi connectivity index (χ0v) is 8.38. The number of nitrogens with zero attached hydrogens (tertiary/aromatic N) is 1. The van der Waals surface area contributed by atoms with E-state index in [1.54, 1.807) is 4.42 Å². The summed E-state index contributed by atoms with van der Waals surface area (Å²) in [6, 6.07) is 8.20. The topological polar surface area (TPSA) is 3.24 Å². The molecule has 1 aliphatic heterocycles. The molecule has 0 unspecified atom stereocenters. The Labute approximate surface area is 83.7 Å². The highest BCUT2D eigenvalue weighted by molar-refractivity contribution is 6.26. The highest BCUT2D eigenvalue weighted by Gasteiger charge is 2.13. The summed E-state index contributed by atoms with van der Waals surface area (Å²) in [5, 5.41) is 0. The van der Waals surface area contributed by atoms with E-state index in [9.17, 15) is 0 Å². The number of hydrogen-bond donors (Lipinski definition) is 0. The van der Waals surface area contributed by atoms with Crippen molar-refractivity contribution >= 4 is 23.5 Å². The fourth-order valence-electron chi connectivity index (χ4n) is 1.57. The van der Waals surface area contributed by atoms with Crippen molar-refractivity contribution in [2.24, 2.45) is 0 Å². The lowest BCUT2D eigenvalue weighted by atomic mass is 10.0. The number of para-hydroxylation sites is 1. The van der Waals surface area contributed by atoms with Gasteiger partial charge in [0.05, 0.1) is 12.2 Å². The van der Waals surface area contributed by atoms with Crippen molar-refractivity contribution in [2.45, 2.75) is 13.3 Å². The maximum atomic E-state index is 6.11. The van der Waals surface area contributed by atoms with E-state index in [0.717, 1.165) is 18.7 Å². The van der Waals surface area contributed by atoms with Gasteiger partial charge in [-0.15, -0.1) is 0 Å². The van der Waals surface area contributed by atoms with E-state index in [1.807, 2.05) is 18.2 Å². The average Bonchev–Trinajstić information content (AvgIpc) is 2.18. The van der Waals surface area contributed by atoms with Crippen LogP contribution in [-0.2, 0) is 0 Å². The molecule has 1 aliphatic rings. The summed E-state index contributed by atoms with van der Waals surface area (Å²) >= 11 is 6.11. The maximum Gasteiger partial charge on any atom is 0.0599 e. The molecule has 68 valence electrons. The minimum Gasteiger partial charge on any atom is -0.281 e. The molecule has 0 N–H and O–H groups in total. The Morgan fingerprint density at radius 1 is 1.38 bits per heavy atom. The molecule has 0 aliphatic carbocycles. The number of benzene rings is 1. The van der Waals surface area contributed by atoms with E-state index in [-0.39, 0.29) is 0 Å². The van der Waals surface area contributed by atoms with Crippen LogP contribution >= 0.6 is 11.8 Å². The Morgan fingerprint density at radius 3 is 2.92 bits per heavy atom. The lowest BCUT2D eigenvalue weighted by Gasteiger charge is -2.24. The van der Waals surface area contributed by atoms with Crippen LogP contribution in [0.3, 0.4) is 0 Å². The predicted molar refractivity (Wildman–Crippen MR) is 57.9 cm³/mol. The Kier molecular flexibility index (Phi) is 2.28. The first kappa shape index (κ1) is 8.64. The van der Waals surface area contributed by atoms with Crippen molar-refractivity contribution in [2.75, 3.05) is 11.0 Å². The summed E-state index contributed by atoms with van der Waals surface area (Å²) < 4.78 is 1.79. The van der Waals surface area contributed by atoms with Crippen LogP contribution in [-0.4, -0.2) is 6.54 Å². The van der Waals surface area contributed by atoms with Crippen LogP contribution in [0, 0.1) is 0 Å². The molecule has 0 radical (unpaired) electrons. The number of rotatable bonds is 1. The predicted octanol–water partition coefficient (Wildman–Crippen LogP) is 3.45. The number of anilines is 1. The standard InChI is InChI=1S/C11H12ClN/c1-2-9-7-10-5-3-4-6-11(10)13(12)8-9/h3-7H,2,8H2,1H3. The molecule has 0 bridgehead atoms. The molecule has 2 heteroatoms. The van der Waals surface area contributed by atoms with Crippen molar-refractivity contribution < 1.29 is 0 Å². The molecule has 0 saturated heterocycles. The second-order valence-corrected chi connectivity index (χ2v) is 3.64. The van der Waals surface area contributed by atoms with E-state index < -0.39 is 0 Å². The van der Waals surface area contributed by atoms with Crippen molar-refractivity contribution in [3.8, 4) is 0 Å². The smallest absolute Gasteiger partial charge is 0.0599 e. The number of halogens is 1. The molecular weight excluding hydrogens is 182 g/mol. The molecule has 0 aromatic heterocycles. The van der Waals surface area contributed by atoms with E-state index in [1.165, 1.54) is 11.1 Å². The van der Waals surface area contributed by atoms with Gasteiger partial charge in [-0.25, -0.2) is 0 Å². The summed E-state index contributed by atoms with van der Waals surface area (Å²) in [6.07, 6.45) is 3.30. The summed E-state index contributed by atoms with van der Waals surface area (Å²) in [6.45, 7) is 3.00. The molecule has 0 atom stereocenters. The highest BCUT2D eigenvalue weighted by atomic mass is 35.5. The van der Waals surface area contributed by atoms with Gasteiger partial charge >= 0.3 is 0 Å². The van der Waals surface area contributed by atoms with Gasteiger partial charge in [0.1, 0.15) is 0 Å². The van der Waals surface area contributed by atoms with Crippen LogP contribution < -0.4 is 4.42 Å². The maximum absolute atomic E-state index is 6.11. The van der Waals surface area contributed by atoms with Crippen LogP contribution in [0.15, 0.2) is 29.8 Å². The minimum absolute atomic E-state index is 0.842. The summed E-state index contributed by atoms with van der Waals surface area (Å²) in [4.78, 5) is 0. The molecule has 0 spiro atoms. The van der Waals surface area contributed by atoms with Crippen LogP contribution in [0.5, 0.6) is 0 Å². The second-order valence-electron chi connectivity index (χ2n) is 3.24. The van der Waals surface area contributed by atoms with Gasteiger partial charge in [0.15, 0.2) is 0 Å². The Bertz CT molecular complexity index is 344. The van der Waals surface area contributed by atoms with E-state index in [0.29, 0.717) is 0 Å². The largest absolute Gasteiger partial charge is 0.281 e. The zero-order chi connectivity index (χ0) is 9.26. The van der Waals surface area contributed by atoms with Crippen LogP contribution in [0.25, 0.3) is 6.08 Å². The van der Waals surface area contributed by atoms with Gasteiger partial charge in [-0.1, -0.05) is 31.2 Å². The fourth-order valence-corrected chi connectivity index (χ4v) is 1.88. The van der Waals surface area contributed by atoms with E-state index >= 15 is 0 Å². The SMILES string of the molecule is CCC1=Cc2ccccc2N(Cl)C1. The molecule has 1 aromatic rings. The van der Waals surface area contributed by atoms with Gasteiger partial charge in [-0.3, -0.25) is 4.42 Å². The monoisotopic (exact) mass is 193 g/mol. The number of hydrogen-bond acceptors (Lipinski definition) is 1. The van der Waals surface area contributed by atoms with Gasteiger partial charge in [0.25, 0.3) is 0 Å². The Balaban J connectivity index is 2.46. The first-order valence-corrected chi connectivity index (χ1v) is 4.87. The van der Waals surface area contributed by atoms with Crippen molar-refractivity contribution in [3.63, 3.8) is 0 Å². The molecule has 0 fully saturated rings. The minimum atomic E-state index is 0.842. The molecular formula is C11H12ClN. The lowest BCUT2D eigenvalue weighted by molar-refractivity contribution is 0.995. The Morgan fingerprint density at radius 2 is 2.15 bits per heavy atom. The lowest BCUT2D eigenvalue weighted by Crippen LogP contribution is -2.18. The molecule has 1 aromatic carbocycles. The van der Waals surface area contributed by atoms with Crippen molar-refractivity contribution in [1.29, 1.82) is 0 Å². The van der Waals surface area contributed by atoms with E-state index in [2.05, 4.69) is 19.1 Å². The third-order valence-electron chi connectivity index (χ3n) is 2.35. The van der Waals surface area contributed by atoms with Gasteiger partial charge < -0.3 is 0 Å². The molecule has 1 heterocycles. The molecule has 13 heavy (non-hydrogen) atoms. The van der Waals surface area contributed by atoms with Gasteiger partial charge in [-0.05, 0) is 23.6 Å². The third kappa shape index (κ3) is 1.56. The highest BCUT2D eigenvalue weighted by Crippen LogP contribution is 2.30. The Hall–Kier alpha value is -0.950. The van der Waals surface area contributed by atoms with Gasteiger partial charge in [0.2, 0.25) is 0 Å². The van der Waals surface area contributed by atoms with Crippen molar-refractivity contribution in [1.82, 2.24) is 0 Å². The van der Waals surface area contributed by atoms with Gasteiger partial charge in [-0.2, -0.15) is 0 Å². The first-order valence-electron chi connectivity index (χ1n) is 4.53. The normalized spacial score (nSPS) is 15.2. The van der Waals surface area contributed by atoms with Crippen LogP contribution in [0.2, 0.25) is 0 Å². The quantitative estimate of drug-likeness (QED) is 0.618. The fraction of sp³-hybridized carbons (Fsp3) is 0.273. The summed E-state index contributed by atoms with van der Waals surface area (Å²) in [7, 11) is 0.